The van der Waals surface area contributed by atoms with Crippen LogP contribution < -0.4 is 5.32 Å². The van der Waals surface area contributed by atoms with Crippen LogP contribution >= 0.6 is 0 Å². The molecule has 0 saturated heterocycles. The topological polar surface area (TPSA) is 95.9 Å². The van der Waals surface area contributed by atoms with Gasteiger partial charge >= 0.3 is 12.1 Å². The molecule has 0 heterocycles. The van der Waals surface area contributed by atoms with Gasteiger partial charge in [0.2, 0.25) is 0 Å². The number of carbonyl (C=O) groups is 2. The van der Waals surface area contributed by atoms with Crippen molar-refractivity contribution >= 4 is 12.1 Å². The Morgan fingerprint density at radius 2 is 1.81 bits per heavy atom. The van der Waals surface area contributed by atoms with Gasteiger partial charge in [-0.2, -0.15) is 0 Å². The highest BCUT2D eigenvalue weighted by atomic mass is 16.6. The number of ether oxygens (including phenoxy) is 1. The third-order valence-electron chi connectivity index (χ3n) is 3.65. The van der Waals surface area contributed by atoms with Gasteiger partial charge in [0.25, 0.3) is 0 Å². The van der Waals surface area contributed by atoms with Gasteiger partial charge < -0.3 is 20.3 Å². The Labute approximate surface area is 125 Å². The van der Waals surface area contributed by atoms with E-state index in [4.69, 9.17) is 9.84 Å². The lowest BCUT2D eigenvalue weighted by molar-refractivity contribution is -0.148. The molecule has 3 N–H and O–H groups in total. The lowest BCUT2D eigenvalue weighted by Gasteiger charge is -2.29. The van der Waals surface area contributed by atoms with Gasteiger partial charge in [-0.1, -0.05) is 32.1 Å². The molecule has 122 valence electrons. The second-order valence-corrected chi connectivity index (χ2v) is 6.78. The van der Waals surface area contributed by atoms with Crippen LogP contribution in [0.2, 0.25) is 0 Å². The minimum atomic E-state index is -1.61. The number of aliphatic hydroxyl groups is 1. The quantitative estimate of drug-likeness (QED) is 0.724. The molecule has 0 aliphatic heterocycles. The van der Waals surface area contributed by atoms with E-state index in [2.05, 4.69) is 5.32 Å². The normalized spacial score (nSPS) is 19.6. The zero-order chi connectivity index (χ0) is 16.0. The number of hydrogen-bond donors (Lipinski definition) is 3. The first-order chi connectivity index (χ1) is 9.69. The second-order valence-electron chi connectivity index (χ2n) is 6.78. The SMILES string of the molecule is CC(C)(C)OC(=O)NC(CC1CCCCC1)C(O)C(=O)O. The average Bonchev–Trinajstić information content (AvgIpc) is 2.36. The Balaban J connectivity index is 2.63. The van der Waals surface area contributed by atoms with Crippen molar-refractivity contribution < 1.29 is 24.5 Å². The molecule has 0 aromatic carbocycles. The number of amides is 1. The minimum absolute atomic E-state index is 0.340. The minimum Gasteiger partial charge on any atom is -0.479 e. The third kappa shape index (κ3) is 6.80. The van der Waals surface area contributed by atoms with Crippen LogP contribution in [0.15, 0.2) is 0 Å². The fourth-order valence-electron chi connectivity index (χ4n) is 2.68. The molecule has 1 rings (SSSR count). The summed E-state index contributed by atoms with van der Waals surface area (Å²) in [6.45, 7) is 5.20. The molecule has 2 atom stereocenters. The molecule has 1 aliphatic carbocycles. The van der Waals surface area contributed by atoms with Gasteiger partial charge in [0.15, 0.2) is 6.10 Å². The Morgan fingerprint density at radius 3 is 2.29 bits per heavy atom. The third-order valence-corrected chi connectivity index (χ3v) is 3.65. The summed E-state index contributed by atoms with van der Waals surface area (Å²) in [5, 5.41) is 21.3. The van der Waals surface area contributed by atoms with Gasteiger partial charge in [-0.05, 0) is 33.1 Å². The van der Waals surface area contributed by atoms with Crippen molar-refractivity contribution in [2.45, 2.75) is 77.0 Å². The van der Waals surface area contributed by atoms with Crippen molar-refractivity contribution in [3.05, 3.63) is 0 Å². The van der Waals surface area contributed by atoms with Gasteiger partial charge in [-0.25, -0.2) is 9.59 Å². The highest BCUT2D eigenvalue weighted by Gasteiger charge is 2.31. The van der Waals surface area contributed by atoms with Gasteiger partial charge in [0, 0.05) is 0 Å². The number of rotatable bonds is 5. The maximum Gasteiger partial charge on any atom is 0.407 e. The lowest BCUT2D eigenvalue weighted by Crippen LogP contribution is -2.49. The number of carboxylic acid groups (broad SMARTS) is 1. The Hall–Kier alpha value is -1.30. The lowest BCUT2D eigenvalue weighted by atomic mass is 9.83. The number of carboxylic acids is 1. The first kappa shape index (κ1) is 17.8. The van der Waals surface area contributed by atoms with E-state index in [-0.39, 0.29) is 0 Å². The van der Waals surface area contributed by atoms with Gasteiger partial charge in [-0.3, -0.25) is 0 Å². The second kappa shape index (κ2) is 7.64. The molecule has 1 aliphatic rings. The van der Waals surface area contributed by atoms with E-state index in [0.717, 1.165) is 25.7 Å². The molecule has 1 saturated carbocycles. The van der Waals surface area contributed by atoms with E-state index in [1.807, 2.05) is 0 Å². The highest BCUT2D eigenvalue weighted by molar-refractivity contribution is 5.75. The summed E-state index contributed by atoms with van der Waals surface area (Å²) in [6, 6.07) is -0.819. The van der Waals surface area contributed by atoms with Gasteiger partial charge in [-0.15, -0.1) is 0 Å². The summed E-state index contributed by atoms with van der Waals surface area (Å²) in [4.78, 5) is 22.8. The van der Waals surface area contributed by atoms with E-state index in [0.29, 0.717) is 12.3 Å². The van der Waals surface area contributed by atoms with Crippen LogP contribution in [0.25, 0.3) is 0 Å². The van der Waals surface area contributed by atoms with Crippen LogP contribution in [0, 0.1) is 5.92 Å². The zero-order valence-electron chi connectivity index (χ0n) is 13.1. The molecule has 1 fully saturated rings. The number of hydrogen-bond acceptors (Lipinski definition) is 4. The summed E-state index contributed by atoms with van der Waals surface area (Å²) in [5.41, 5.74) is -0.659. The van der Waals surface area contributed by atoms with E-state index in [1.54, 1.807) is 20.8 Å². The van der Waals surface area contributed by atoms with Crippen LogP contribution in [0.1, 0.15) is 59.3 Å². The fourth-order valence-corrected chi connectivity index (χ4v) is 2.68. The summed E-state index contributed by atoms with van der Waals surface area (Å²) >= 11 is 0. The molecular weight excluding hydrogens is 274 g/mol. The number of carbonyl (C=O) groups excluding carboxylic acids is 1. The van der Waals surface area contributed by atoms with Crippen molar-refractivity contribution in [1.82, 2.24) is 5.32 Å². The predicted octanol–water partition coefficient (Wildman–Crippen LogP) is 2.30. The van der Waals surface area contributed by atoms with Crippen LogP contribution in [0.4, 0.5) is 4.79 Å². The monoisotopic (exact) mass is 301 g/mol. The number of nitrogens with one attached hydrogen (secondary N) is 1. The van der Waals surface area contributed by atoms with Crippen molar-refractivity contribution in [3.8, 4) is 0 Å². The molecule has 1 amide bonds. The maximum atomic E-state index is 11.8. The summed E-state index contributed by atoms with van der Waals surface area (Å²) in [7, 11) is 0. The Bertz CT molecular complexity index is 358. The van der Waals surface area contributed by atoms with Crippen LogP contribution in [-0.2, 0) is 9.53 Å². The fraction of sp³-hybridized carbons (Fsp3) is 0.867. The van der Waals surface area contributed by atoms with Crippen LogP contribution in [0.3, 0.4) is 0 Å². The first-order valence-corrected chi connectivity index (χ1v) is 7.59. The van der Waals surface area contributed by atoms with E-state index in [9.17, 15) is 14.7 Å². The van der Waals surface area contributed by atoms with Gasteiger partial charge in [0.05, 0.1) is 6.04 Å². The highest BCUT2D eigenvalue weighted by Crippen LogP contribution is 2.28. The molecule has 21 heavy (non-hydrogen) atoms. The summed E-state index contributed by atoms with van der Waals surface area (Å²) in [5.74, 6) is -0.987. The Kier molecular flexibility index (Phi) is 6.45. The van der Waals surface area contributed by atoms with Crippen LogP contribution in [-0.4, -0.2) is 40.0 Å². The van der Waals surface area contributed by atoms with E-state index >= 15 is 0 Å². The standard InChI is InChI=1S/C15H27NO5/c1-15(2,3)21-14(20)16-11(12(17)13(18)19)9-10-7-5-4-6-8-10/h10-12,17H,4-9H2,1-3H3,(H,16,20)(H,18,19). The maximum absolute atomic E-state index is 11.8. The molecular formula is C15H27NO5. The molecule has 6 heteroatoms. The number of aliphatic carboxylic acids is 1. The van der Waals surface area contributed by atoms with Crippen molar-refractivity contribution in [2.75, 3.05) is 0 Å². The molecule has 0 aromatic rings. The first-order valence-electron chi connectivity index (χ1n) is 7.59. The molecule has 0 radical (unpaired) electrons. The Morgan fingerprint density at radius 1 is 1.24 bits per heavy atom. The number of alkyl carbamates (subject to hydrolysis) is 1. The summed E-state index contributed by atoms with van der Waals surface area (Å²) in [6.07, 6.45) is 3.62. The zero-order valence-corrected chi connectivity index (χ0v) is 13.1. The molecule has 6 nitrogen and oxygen atoms in total. The van der Waals surface area contributed by atoms with E-state index < -0.39 is 29.8 Å². The smallest absolute Gasteiger partial charge is 0.407 e. The summed E-state index contributed by atoms with van der Waals surface area (Å²) < 4.78 is 5.13. The predicted molar refractivity (Wildman–Crippen MR) is 78.0 cm³/mol. The van der Waals surface area contributed by atoms with E-state index in [1.165, 1.54) is 6.42 Å². The van der Waals surface area contributed by atoms with Crippen molar-refractivity contribution in [3.63, 3.8) is 0 Å². The molecule has 0 spiro atoms. The van der Waals surface area contributed by atoms with Crippen molar-refractivity contribution in [2.24, 2.45) is 5.92 Å². The van der Waals surface area contributed by atoms with Crippen molar-refractivity contribution in [1.29, 1.82) is 0 Å². The average molecular weight is 301 g/mol. The largest absolute Gasteiger partial charge is 0.479 e. The number of aliphatic hydroxyl groups excluding tert-OH is 1. The van der Waals surface area contributed by atoms with Gasteiger partial charge in [0.1, 0.15) is 5.60 Å². The molecule has 2 unspecified atom stereocenters. The van der Waals surface area contributed by atoms with Crippen LogP contribution in [0.5, 0.6) is 0 Å². The molecule has 0 aromatic heterocycles. The molecule has 0 bridgehead atoms.